The van der Waals surface area contributed by atoms with Crippen LogP contribution in [0.25, 0.3) is 0 Å². The second-order valence-corrected chi connectivity index (χ2v) is 7.74. The molecule has 30 heavy (non-hydrogen) atoms. The van der Waals surface area contributed by atoms with Crippen LogP contribution < -0.4 is 15.5 Å². The Hall–Kier alpha value is -2.96. The number of hydrogen-bond donors (Lipinski definition) is 2. The molecule has 4 rings (SSSR count). The van der Waals surface area contributed by atoms with Gasteiger partial charge in [-0.25, -0.2) is 9.37 Å². The van der Waals surface area contributed by atoms with Crippen LogP contribution in [-0.4, -0.2) is 30.0 Å². The Morgan fingerprint density at radius 3 is 2.57 bits per heavy atom. The number of aromatic nitrogens is 1. The summed E-state index contributed by atoms with van der Waals surface area (Å²) in [6, 6.07) is 17.5. The number of carbonyl (C=O) groups excluding carboxylic acids is 1. The normalized spacial score (nSPS) is 15.9. The largest absolute Gasteiger partial charge is 0.355 e. The average Bonchev–Trinajstić information content (AvgIpc) is 3.24. The fourth-order valence-electron chi connectivity index (χ4n) is 3.44. The molecular formula is C23H22ClFN4O. The van der Waals surface area contributed by atoms with Gasteiger partial charge >= 0.3 is 0 Å². The number of nitrogens with zero attached hydrogens (tertiary/aromatic N) is 2. The number of halogens is 2. The van der Waals surface area contributed by atoms with Crippen LogP contribution in [-0.2, 0) is 6.54 Å². The summed E-state index contributed by atoms with van der Waals surface area (Å²) < 4.78 is 13.0. The van der Waals surface area contributed by atoms with Gasteiger partial charge in [0.25, 0.3) is 5.91 Å². The molecule has 1 amide bonds. The third kappa shape index (κ3) is 5.14. The van der Waals surface area contributed by atoms with Crippen LogP contribution in [0.3, 0.4) is 0 Å². The van der Waals surface area contributed by atoms with Crippen LogP contribution >= 0.6 is 11.6 Å². The molecule has 2 N–H and O–H groups in total. The molecule has 2 heterocycles. The van der Waals surface area contributed by atoms with E-state index in [9.17, 15) is 9.18 Å². The van der Waals surface area contributed by atoms with Gasteiger partial charge in [0.1, 0.15) is 11.6 Å². The summed E-state index contributed by atoms with van der Waals surface area (Å²) in [5.41, 5.74) is 2.20. The Balaban J connectivity index is 1.30. The predicted molar refractivity (Wildman–Crippen MR) is 117 cm³/mol. The Labute approximate surface area is 179 Å². The van der Waals surface area contributed by atoms with Gasteiger partial charge in [-0.3, -0.25) is 4.79 Å². The molecule has 0 aliphatic carbocycles. The Morgan fingerprint density at radius 1 is 1.10 bits per heavy atom. The molecule has 0 unspecified atom stereocenters. The van der Waals surface area contributed by atoms with Gasteiger partial charge in [0, 0.05) is 42.6 Å². The number of nitrogens with one attached hydrogen (secondary N) is 2. The smallest absolute Gasteiger partial charge is 0.257 e. The van der Waals surface area contributed by atoms with E-state index in [1.54, 1.807) is 12.3 Å². The molecule has 1 aromatic heterocycles. The van der Waals surface area contributed by atoms with Crippen molar-refractivity contribution in [3.63, 3.8) is 0 Å². The van der Waals surface area contributed by atoms with E-state index in [1.165, 1.54) is 29.8 Å². The Bertz CT molecular complexity index is 993. The summed E-state index contributed by atoms with van der Waals surface area (Å²) in [7, 11) is 0. The standard InChI is InChI=1S/C23H22ClFN4O/c24-18-4-1-16(2-5-18)13-26-21-11-12-29(15-21)22-10-3-17(14-27-22)23(30)28-20-8-6-19(25)7-9-20/h1-10,14,21,26H,11-13,15H2,(H,28,30)/t21-/m0/s1. The van der Waals surface area contributed by atoms with Crippen LogP contribution in [0.2, 0.25) is 5.02 Å². The van der Waals surface area contributed by atoms with Crippen LogP contribution in [0.15, 0.2) is 66.9 Å². The minimum Gasteiger partial charge on any atom is -0.355 e. The lowest BCUT2D eigenvalue weighted by atomic mass is 10.2. The molecule has 0 bridgehead atoms. The van der Waals surface area contributed by atoms with Crippen molar-refractivity contribution in [3.8, 4) is 0 Å². The van der Waals surface area contributed by atoms with E-state index in [0.29, 0.717) is 17.3 Å². The average molecular weight is 425 g/mol. The maximum absolute atomic E-state index is 13.0. The van der Waals surface area contributed by atoms with Crippen molar-refractivity contribution in [1.29, 1.82) is 0 Å². The van der Waals surface area contributed by atoms with Crippen LogP contribution in [0, 0.1) is 5.82 Å². The van der Waals surface area contributed by atoms with Crippen molar-refractivity contribution >= 4 is 29.0 Å². The molecule has 1 aliphatic heterocycles. The first-order chi connectivity index (χ1) is 14.6. The summed E-state index contributed by atoms with van der Waals surface area (Å²) in [6.07, 6.45) is 2.60. The lowest BCUT2D eigenvalue weighted by Gasteiger charge is -2.18. The number of carbonyl (C=O) groups is 1. The van der Waals surface area contributed by atoms with Gasteiger partial charge in [-0.2, -0.15) is 0 Å². The molecule has 154 valence electrons. The summed E-state index contributed by atoms with van der Waals surface area (Å²) in [6.45, 7) is 2.57. The third-order valence-corrected chi connectivity index (χ3v) is 5.38. The van der Waals surface area contributed by atoms with Gasteiger partial charge in [0.15, 0.2) is 0 Å². The van der Waals surface area contributed by atoms with Crippen LogP contribution in [0.5, 0.6) is 0 Å². The molecule has 1 aliphatic rings. The number of amides is 1. The van der Waals surface area contributed by atoms with Gasteiger partial charge in [0.05, 0.1) is 5.56 Å². The minimum atomic E-state index is -0.342. The summed E-state index contributed by atoms with van der Waals surface area (Å²) in [5, 5.41) is 7.06. The van der Waals surface area contributed by atoms with Crippen molar-refractivity contribution in [2.24, 2.45) is 0 Å². The highest BCUT2D eigenvalue weighted by Gasteiger charge is 2.23. The van der Waals surface area contributed by atoms with E-state index in [1.807, 2.05) is 30.3 Å². The zero-order valence-corrected chi connectivity index (χ0v) is 17.1. The second kappa shape index (κ2) is 9.24. The number of anilines is 2. The molecular weight excluding hydrogens is 403 g/mol. The van der Waals surface area contributed by atoms with E-state index in [-0.39, 0.29) is 11.7 Å². The lowest BCUT2D eigenvalue weighted by molar-refractivity contribution is 0.102. The molecule has 2 aromatic carbocycles. The quantitative estimate of drug-likeness (QED) is 0.612. The maximum Gasteiger partial charge on any atom is 0.257 e. The molecule has 0 radical (unpaired) electrons. The molecule has 0 saturated carbocycles. The van der Waals surface area contributed by atoms with Gasteiger partial charge in [-0.1, -0.05) is 23.7 Å². The summed E-state index contributed by atoms with van der Waals surface area (Å²) >= 11 is 5.93. The molecule has 0 spiro atoms. The van der Waals surface area contributed by atoms with E-state index in [2.05, 4.69) is 20.5 Å². The highest BCUT2D eigenvalue weighted by Crippen LogP contribution is 2.19. The highest BCUT2D eigenvalue weighted by atomic mass is 35.5. The van der Waals surface area contributed by atoms with E-state index in [0.717, 1.165) is 36.9 Å². The predicted octanol–water partition coefficient (Wildman–Crippen LogP) is 4.49. The first-order valence-electron chi connectivity index (χ1n) is 9.82. The van der Waals surface area contributed by atoms with Gasteiger partial charge in [0.2, 0.25) is 0 Å². The molecule has 7 heteroatoms. The van der Waals surface area contributed by atoms with Gasteiger partial charge < -0.3 is 15.5 Å². The first-order valence-corrected chi connectivity index (χ1v) is 10.2. The maximum atomic E-state index is 13.0. The highest BCUT2D eigenvalue weighted by molar-refractivity contribution is 6.30. The van der Waals surface area contributed by atoms with Crippen molar-refractivity contribution in [1.82, 2.24) is 10.3 Å². The van der Waals surface area contributed by atoms with E-state index in [4.69, 9.17) is 11.6 Å². The lowest BCUT2D eigenvalue weighted by Crippen LogP contribution is -2.32. The van der Waals surface area contributed by atoms with E-state index >= 15 is 0 Å². The van der Waals surface area contributed by atoms with E-state index < -0.39 is 0 Å². The third-order valence-electron chi connectivity index (χ3n) is 5.13. The van der Waals surface area contributed by atoms with Gasteiger partial charge in [-0.15, -0.1) is 0 Å². The van der Waals surface area contributed by atoms with Gasteiger partial charge in [-0.05, 0) is 60.5 Å². The fraction of sp³-hybridized carbons (Fsp3) is 0.217. The number of benzene rings is 2. The fourth-order valence-corrected chi connectivity index (χ4v) is 3.57. The number of hydrogen-bond acceptors (Lipinski definition) is 4. The molecule has 5 nitrogen and oxygen atoms in total. The zero-order chi connectivity index (χ0) is 20.9. The number of rotatable bonds is 6. The number of pyridine rings is 1. The van der Waals surface area contributed by atoms with Crippen molar-refractivity contribution < 1.29 is 9.18 Å². The van der Waals surface area contributed by atoms with Crippen LogP contribution in [0.1, 0.15) is 22.3 Å². The summed E-state index contributed by atoms with van der Waals surface area (Å²) in [5.74, 6) is 0.235. The Morgan fingerprint density at radius 2 is 1.87 bits per heavy atom. The van der Waals surface area contributed by atoms with Crippen molar-refractivity contribution in [3.05, 3.63) is 88.8 Å². The molecule has 1 atom stereocenters. The Kier molecular flexibility index (Phi) is 6.26. The minimum absolute atomic E-state index is 0.274. The molecule has 1 fully saturated rings. The van der Waals surface area contributed by atoms with Crippen molar-refractivity contribution in [2.75, 3.05) is 23.3 Å². The first kappa shape index (κ1) is 20.3. The molecule has 3 aromatic rings. The zero-order valence-electron chi connectivity index (χ0n) is 16.3. The molecule has 1 saturated heterocycles. The van der Waals surface area contributed by atoms with Crippen molar-refractivity contribution in [2.45, 2.75) is 19.0 Å². The monoisotopic (exact) mass is 424 g/mol. The SMILES string of the molecule is O=C(Nc1ccc(F)cc1)c1ccc(N2CC[C@H](NCc3ccc(Cl)cc3)C2)nc1. The summed E-state index contributed by atoms with van der Waals surface area (Å²) in [4.78, 5) is 19.0. The van der Waals surface area contributed by atoms with Crippen LogP contribution in [0.4, 0.5) is 15.9 Å². The second-order valence-electron chi connectivity index (χ2n) is 7.31. The topological polar surface area (TPSA) is 57.3 Å².